The van der Waals surface area contributed by atoms with E-state index in [2.05, 4.69) is 27.1 Å². The molecule has 0 unspecified atom stereocenters. The topological polar surface area (TPSA) is 60.9 Å². The zero-order chi connectivity index (χ0) is 17.5. The van der Waals surface area contributed by atoms with Crippen LogP contribution in [0.3, 0.4) is 0 Å². The van der Waals surface area contributed by atoms with Gasteiger partial charge in [-0.1, -0.05) is 6.07 Å². The Balaban J connectivity index is 1.82. The summed E-state index contributed by atoms with van der Waals surface area (Å²) < 4.78 is 5.08. The number of rotatable bonds is 6. The Labute approximate surface area is 144 Å². The highest BCUT2D eigenvalue weighted by Crippen LogP contribution is 2.13. The quantitative estimate of drug-likeness (QED) is 0.841. The highest BCUT2D eigenvalue weighted by atomic mass is 16.5. The molecule has 1 aliphatic rings. The Bertz CT molecular complexity index is 514. The second-order valence-corrected chi connectivity index (χ2v) is 6.39. The van der Waals surface area contributed by atoms with Crippen LogP contribution >= 0.6 is 0 Å². The van der Waals surface area contributed by atoms with Gasteiger partial charge in [0.25, 0.3) is 0 Å². The second kappa shape index (κ2) is 8.84. The monoisotopic (exact) mass is 335 g/mol. The number of aromatic nitrogens is 1. The number of ether oxygens (including phenoxy) is 1. The normalized spacial score (nSPS) is 16.8. The van der Waals surface area contributed by atoms with Gasteiger partial charge in [0.05, 0.1) is 12.6 Å². The van der Waals surface area contributed by atoms with Gasteiger partial charge in [-0.05, 0) is 25.6 Å². The van der Waals surface area contributed by atoms with Crippen LogP contribution in [0.15, 0.2) is 18.3 Å². The van der Waals surface area contributed by atoms with Crippen molar-refractivity contribution in [3.63, 3.8) is 0 Å². The Morgan fingerprint density at radius 2 is 2.08 bits per heavy atom. The summed E-state index contributed by atoms with van der Waals surface area (Å²) in [7, 11) is 5.55. The number of carbonyl (C=O) groups excluding carboxylic acids is 1. The molecule has 0 spiro atoms. The summed E-state index contributed by atoms with van der Waals surface area (Å²) in [6.07, 6.45) is 1.84. The van der Waals surface area contributed by atoms with E-state index >= 15 is 0 Å². The van der Waals surface area contributed by atoms with Gasteiger partial charge in [0, 0.05) is 53.1 Å². The first-order valence-electron chi connectivity index (χ1n) is 8.39. The van der Waals surface area contributed by atoms with E-state index in [1.807, 2.05) is 25.3 Å². The van der Waals surface area contributed by atoms with Crippen LogP contribution in [0.4, 0.5) is 10.6 Å². The number of likely N-dealkylation sites (N-methyl/N-ethyl adjacent to an activating group) is 2. The highest BCUT2D eigenvalue weighted by molar-refractivity contribution is 5.74. The van der Waals surface area contributed by atoms with E-state index in [0.717, 1.165) is 37.6 Å². The van der Waals surface area contributed by atoms with Crippen molar-refractivity contribution < 1.29 is 9.53 Å². The Morgan fingerprint density at radius 1 is 1.38 bits per heavy atom. The van der Waals surface area contributed by atoms with Crippen molar-refractivity contribution in [3.8, 4) is 0 Å². The first kappa shape index (κ1) is 18.5. The zero-order valence-corrected chi connectivity index (χ0v) is 15.2. The number of carbonyl (C=O) groups is 1. The van der Waals surface area contributed by atoms with Gasteiger partial charge in [0.15, 0.2) is 0 Å². The van der Waals surface area contributed by atoms with Gasteiger partial charge < -0.3 is 24.8 Å². The van der Waals surface area contributed by atoms with Gasteiger partial charge in [-0.25, -0.2) is 9.78 Å². The van der Waals surface area contributed by atoms with Crippen LogP contribution in [-0.2, 0) is 11.3 Å². The first-order valence-corrected chi connectivity index (χ1v) is 8.39. The van der Waals surface area contributed by atoms with Crippen molar-refractivity contribution >= 4 is 11.8 Å². The van der Waals surface area contributed by atoms with Crippen molar-refractivity contribution in [1.29, 1.82) is 0 Å². The minimum Gasteiger partial charge on any atom is -0.383 e. The molecule has 1 saturated heterocycles. The molecule has 0 saturated carbocycles. The molecule has 0 bridgehead atoms. The smallest absolute Gasteiger partial charge is 0.317 e. The summed E-state index contributed by atoms with van der Waals surface area (Å²) in [5.41, 5.74) is 0.994. The van der Waals surface area contributed by atoms with E-state index < -0.39 is 0 Å². The molecule has 2 amide bonds. The number of methoxy groups -OCH3 is 1. The highest BCUT2D eigenvalue weighted by Gasteiger charge is 2.16. The van der Waals surface area contributed by atoms with Crippen molar-refractivity contribution in [3.05, 3.63) is 23.9 Å². The van der Waals surface area contributed by atoms with E-state index in [4.69, 9.17) is 4.74 Å². The molecule has 7 heteroatoms. The minimum absolute atomic E-state index is 0.0349. The predicted molar refractivity (Wildman–Crippen MR) is 95.3 cm³/mol. The predicted octanol–water partition coefficient (Wildman–Crippen LogP) is 1.01. The maximum Gasteiger partial charge on any atom is 0.317 e. The number of amides is 2. The minimum atomic E-state index is -0.109. The summed E-state index contributed by atoms with van der Waals surface area (Å²) in [5, 5.41) is 2.91. The lowest BCUT2D eigenvalue weighted by molar-refractivity contribution is 0.123. The number of urea groups is 1. The molecule has 0 radical (unpaired) electrons. The summed E-state index contributed by atoms with van der Waals surface area (Å²) in [6, 6.07) is 3.99. The molecule has 1 aromatic rings. The fourth-order valence-corrected chi connectivity index (χ4v) is 2.60. The molecule has 134 valence electrons. The third-order valence-corrected chi connectivity index (χ3v) is 4.47. The van der Waals surface area contributed by atoms with Gasteiger partial charge in [0.1, 0.15) is 5.82 Å². The van der Waals surface area contributed by atoms with E-state index in [1.165, 1.54) is 0 Å². The lowest BCUT2D eigenvalue weighted by atomic mass is 10.2. The molecule has 7 nitrogen and oxygen atoms in total. The molecular weight excluding hydrogens is 306 g/mol. The average molecular weight is 335 g/mol. The molecule has 2 heterocycles. The third-order valence-electron chi connectivity index (χ3n) is 4.47. The average Bonchev–Trinajstić information content (AvgIpc) is 2.60. The molecule has 24 heavy (non-hydrogen) atoms. The second-order valence-electron chi connectivity index (χ2n) is 6.39. The SMILES string of the molecule is COC[C@@H](C)N(C)C(=O)NCc1ccc(N2CCN(C)CC2)nc1. The van der Waals surface area contributed by atoms with Crippen LogP contribution in [0.2, 0.25) is 0 Å². The summed E-state index contributed by atoms with van der Waals surface area (Å²) in [4.78, 5) is 22.9. The van der Waals surface area contributed by atoms with Gasteiger partial charge >= 0.3 is 6.03 Å². The van der Waals surface area contributed by atoms with E-state index in [0.29, 0.717) is 13.2 Å². The maximum absolute atomic E-state index is 12.1. The van der Waals surface area contributed by atoms with E-state index in [9.17, 15) is 4.79 Å². The number of pyridine rings is 1. The van der Waals surface area contributed by atoms with Crippen LogP contribution in [-0.4, -0.2) is 80.8 Å². The van der Waals surface area contributed by atoms with Gasteiger partial charge in [0.2, 0.25) is 0 Å². The number of anilines is 1. The number of nitrogens with one attached hydrogen (secondary N) is 1. The van der Waals surface area contributed by atoms with Crippen molar-refractivity contribution in [2.45, 2.75) is 19.5 Å². The number of hydrogen-bond donors (Lipinski definition) is 1. The molecule has 0 aromatic carbocycles. The molecule has 1 fully saturated rings. The maximum atomic E-state index is 12.1. The molecule has 0 aliphatic carbocycles. The molecule has 1 N–H and O–H groups in total. The number of nitrogens with zero attached hydrogens (tertiary/aromatic N) is 4. The lowest BCUT2D eigenvalue weighted by Crippen LogP contribution is -2.44. The third kappa shape index (κ3) is 5.07. The lowest BCUT2D eigenvalue weighted by Gasteiger charge is -2.33. The van der Waals surface area contributed by atoms with Gasteiger partial charge in [-0.2, -0.15) is 0 Å². The number of piperazine rings is 1. The Kier molecular flexibility index (Phi) is 6.81. The first-order chi connectivity index (χ1) is 11.5. The standard InChI is InChI=1S/C17H29N5O2/c1-14(13-24-4)21(3)17(23)19-12-15-5-6-16(18-11-15)22-9-7-20(2)8-10-22/h5-6,11,14H,7-10,12-13H2,1-4H3,(H,19,23)/t14-/m1/s1. The van der Waals surface area contributed by atoms with Crippen LogP contribution in [0.25, 0.3) is 0 Å². The number of hydrogen-bond acceptors (Lipinski definition) is 5. The fourth-order valence-electron chi connectivity index (χ4n) is 2.60. The van der Waals surface area contributed by atoms with Gasteiger partial charge in [-0.3, -0.25) is 0 Å². The Morgan fingerprint density at radius 3 is 2.67 bits per heavy atom. The van der Waals surface area contributed by atoms with Crippen LogP contribution in [0.1, 0.15) is 12.5 Å². The molecular formula is C17H29N5O2. The fraction of sp³-hybridized carbons (Fsp3) is 0.647. The zero-order valence-electron chi connectivity index (χ0n) is 15.2. The Hall–Kier alpha value is -1.86. The van der Waals surface area contributed by atoms with Crippen LogP contribution in [0, 0.1) is 0 Å². The molecule has 1 aliphatic heterocycles. The van der Waals surface area contributed by atoms with Crippen LogP contribution in [0.5, 0.6) is 0 Å². The summed E-state index contributed by atoms with van der Waals surface area (Å²) >= 11 is 0. The van der Waals surface area contributed by atoms with Crippen molar-refractivity contribution in [1.82, 2.24) is 20.1 Å². The summed E-state index contributed by atoms with van der Waals surface area (Å²) in [6.45, 7) is 7.07. The van der Waals surface area contributed by atoms with E-state index in [-0.39, 0.29) is 12.1 Å². The largest absolute Gasteiger partial charge is 0.383 e. The summed E-state index contributed by atoms with van der Waals surface area (Å²) in [5.74, 6) is 1.00. The molecule has 1 atom stereocenters. The van der Waals surface area contributed by atoms with Gasteiger partial charge in [-0.15, -0.1) is 0 Å². The van der Waals surface area contributed by atoms with E-state index in [1.54, 1.807) is 19.1 Å². The molecule has 2 rings (SSSR count). The molecule has 1 aromatic heterocycles. The van der Waals surface area contributed by atoms with Crippen molar-refractivity contribution in [2.75, 3.05) is 58.9 Å². The van der Waals surface area contributed by atoms with Crippen molar-refractivity contribution in [2.24, 2.45) is 0 Å². The van der Waals surface area contributed by atoms with Crippen LogP contribution < -0.4 is 10.2 Å².